The fourth-order valence-electron chi connectivity index (χ4n) is 3.07. The van der Waals surface area contributed by atoms with E-state index in [4.69, 9.17) is 0 Å². The summed E-state index contributed by atoms with van der Waals surface area (Å²) in [7, 11) is 0. The Bertz CT molecular complexity index is 330. The molecule has 0 bridgehead atoms. The number of aryl methyl sites for hydroxylation is 1. The molecule has 1 nitrogen and oxygen atoms in total. The van der Waals surface area contributed by atoms with Gasteiger partial charge >= 0.3 is 59.1 Å². The number of pyridine rings is 1. The van der Waals surface area contributed by atoms with Crippen molar-refractivity contribution in [1.29, 1.82) is 0 Å². The van der Waals surface area contributed by atoms with Crippen molar-refractivity contribution < 1.29 is 63.7 Å². The minimum absolute atomic E-state index is 0. The monoisotopic (exact) mass is 350 g/mol. The molecule has 0 radical (unpaired) electrons. The van der Waals surface area contributed by atoms with Crippen molar-refractivity contribution in [2.24, 2.45) is 0 Å². The van der Waals surface area contributed by atoms with E-state index < -0.39 is 0 Å². The molecule has 1 aromatic heterocycles. The summed E-state index contributed by atoms with van der Waals surface area (Å²) < 4.78 is 2.29. The molecule has 0 aliphatic rings. The summed E-state index contributed by atoms with van der Waals surface area (Å²) in [5.74, 6) is 0. The quantitative estimate of drug-likeness (QED) is 0.246. The standard InChI is InChI=1S/C21H38N.2Na/c1-2-3-4-5-6-7-8-9-10-11-12-13-14-16-19-22-20-17-15-18-21-22;;/h15,17-18,20-21H,2-14,16,19H2,1H3;;/q3*+1. The smallest absolute Gasteiger partial charge is 0.205 e. The molecule has 0 N–H and O–H groups in total. The average Bonchev–Trinajstić information content (AvgIpc) is 2.56. The van der Waals surface area contributed by atoms with Gasteiger partial charge in [-0.25, -0.2) is 4.57 Å². The van der Waals surface area contributed by atoms with Crippen LogP contribution in [0.3, 0.4) is 0 Å². The molecule has 0 unspecified atom stereocenters. The Balaban J connectivity index is 0. The summed E-state index contributed by atoms with van der Waals surface area (Å²) in [5.41, 5.74) is 0. The summed E-state index contributed by atoms with van der Waals surface area (Å²) in [6, 6.07) is 6.31. The Kier molecular flexibility index (Phi) is 25.3. The molecule has 0 aliphatic carbocycles. The molecule has 0 amide bonds. The topological polar surface area (TPSA) is 3.88 Å². The molecule has 0 saturated carbocycles. The number of rotatable bonds is 15. The van der Waals surface area contributed by atoms with E-state index in [2.05, 4.69) is 42.1 Å². The zero-order valence-electron chi connectivity index (χ0n) is 16.9. The first-order valence-electron chi connectivity index (χ1n) is 9.87. The maximum Gasteiger partial charge on any atom is 1.00 e. The van der Waals surface area contributed by atoms with Crippen LogP contribution in [0, 0.1) is 0 Å². The number of hydrogen-bond acceptors (Lipinski definition) is 0. The van der Waals surface area contributed by atoms with E-state index in [1.807, 2.05) is 0 Å². The Morgan fingerprint density at radius 3 is 1.29 bits per heavy atom. The third-order valence-corrected chi connectivity index (χ3v) is 4.55. The Hall–Kier alpha value is 1.15. The van der Waals surface area contributed by atoms with Gasteiger partial charge in [0.1, 0.15) is 6.54 Å². The van der Waals surface area contributed by atoms with E-state index in [0.29, 0.717) is 0 Å². The molecule has 0 aromatic carbocycles. The van der Waals surface area contributed by atoms with Crippen molar-refractivity contribution in [2.45, 2.75) is 103 Å². The van der Waals surface area contributed by atoms with Gasteiger partial charge in [-0.15, -0.1) is 0 Å². The number of unbranched alkanes of at least 4 members (excludes halogenated alkanes) is 13. The molecule has 3 heteroatoms. The van der Waals surface area contributed by atoms with Crippen LogP contribution in [0.5, 0.6) is 0 Å². The van der Waals surface area contributed by atoms with E-state index in [0.717, 1.165) is 0 Å². The van der Waals surface area contributed by atoms with Crippen LogP contribution in [0.1, 0.15) is 96.8 Å². The van der Waals surface area contributed by atoms with E-state index >= 15 is 0 Å². The molecule has 0 fully saturated rings. The fourth-order valence-corrected chi connectivity index (χ4v) is 3.07. The fraction of sp³-hybridized carbons (Fsp3) is 0.762. The molecule has 126 valence electrons. The number of nitrogens with zero attached hydrogens (tertiary/aromatic N) is 1. The van der Waals surface area contributed by atoms with Crippen LogP contribution in [-0.2, 0) is 6.54 Å². The number of hydrogen-bond donors (Lipinski definition) is 0. The first-order chi connectivity index (χ1) is 10.9. The van der Waals surface area contributed by atoms with E-state index in [9.17, 15) is 0 Å². The number of aromatic nitrogens is 1. The second kappa shape index (κ2) is 22.2. The van der Waals surface area contributed by atoms with E-state index in [-0.39, 0.29) is 59.1 Å². The van der Waals surface area contributed by atoms with Crippen molar-refractivity contribution in [1.82, 2.24) is 0 Å². The van der Waals surface area contributed by atoms with Gasteiger partial charge in [-0.05, 0) is 6.42 Å². The summed E-state index contributed by atoms with van der Waals surface area (Å²) in [4.78, 5) is 0. The van der Waals surface area contributed by atoms with E-state index in [1.54, 1.807) is 0 Å². The van der Waals surface area contributed by atoms with E-state index in [1.165, 1.54) is 96.4 Å². The van der Waals surface area contributed by atoms with Crippen LogP contribution in [0.2, 0.25) is 0 Å². The van der Waals surface area contributed by atoms with Crippen LogP contribution in [0.4, 0.5) is 0 Å². The van der Waals surface area contributed by atoms with Gasteiger partial charge in [-0.2, -0.15) is 0 Å². The van der Waals surface area contributed by atoms with Gasteiger partial charge < -0.3 is 0 Å². The van der Waals surface area contributed by atoms with Crippen molar-refractivity contribution >= 4 is 0 Å². The first-order valence-corrected chi connectivity index (χ1v) is 9.87. The maximum atomic E-state index is 2.29. The zero-order chi connectivity index (χ0) is 15.7. The van der Waals surface area contributed by atoms with Gasteiger partial charge in [-0.1, -0.05) is 90.0 Å². The molecular weight excluding hydrogens is 312 g/mol. The summed E-state index contributed by atoms with van der Waals surface area (Å²) >= 11 is 0. The van der Waals surface area contributed by atoms with Gasteiger partial charge in [0.15, 0.2) is 12.4 Å². The van der Waals surface area contributed by atoms with Crippen LogP contribution in [-0.4, -0.2) is 0 Å². The SMILES string of the molecule is CCCCCCCCCCCCCCCC[n+]1ccccc1.[Na+].[Na+]. The molecule has 0 spiro atoms. The molecule has 24 heavy (non-hydrogen) atoms. The predicted molar refractivity (Wildman–Crippen MR) is 96.9 cm³/mol. The molecule has 0 saturated heterocycles. The van der Waals surface area contributed by atoms with Gasteiger partial charge in [0.2, 0.25) is 0 Å². The van der Waals surface area contributed by atoms with Gasteiger partial charge in [0.25, 0.3) is 0 Å². The molecule has 0 atom stereocenters. The van der Waals surface area contributed by atoms with Gasteiger partial charge in [0.05, 0.1) is 0 Å². The molecule has 1 aromatic rings. The van der Waals surface area contributed by atoms with Gasteiger partial charge in [-0.3, -0.25) is 0 Å². The van der Waals surface area contributed by atoms with Crippen molar-refractivity contribution in [3.63, 3.8) is 0 Å². The van der Waals surface area contributed by atoms with Crippen LogP contribution < -0.4 is 63.7 Å². The minimum Gasteiger partial charge on any atom is -0.205 e. The molecule has 0 aliphatic heterocycles. The first kappa shape index (κ1) is 27.4. The zero-order valence-corrected chi connectivity index (χ0v) is 20.9. The van der Waals surface area contributed by atoms with Crippen molar-refractivity contribution in [3.8, 4) is 0 Å². The summed E-state index contributed by atoms with van der Waals surface area (Å²) in [6.45, 7) is 3.47. The Morgan fingerprint density at radius 2 is 0.875 bits per heavy atom. The Morgan fingerprint density at radius 1 is 0.500 bits per heavy atom. The summed E-state index contributed by atoms with van der Waals surface area (Å²) in [5, 5.41) is 0. The summed E-state index contributed by atoms with van der Waals surface area (Å²) in [6.07, 6.45) is 24.4. The van der Waals surface area contributed by atoms with Crippen molar-refractivity contribution in [2.75, 3.05) is 0 Å². The largest absolute Gasteiger partial charge is 1.00 e. The normalized spacial score (nSPS) is 10.0. The predicted octanol–water partition coefficient (Wildman–Crippen LogP) is 0.463. The second-order valence-electron chi connectivity index (χ2n) is 6.71. The van der Waals surface area contributed by atoms with Crippen LogP contribution >= 0.6 is 0 Å². The third kappa shape index (κ3) is 18.0. The maximum absolute atomic E-state index is 2.29. The van der Waals surface area contributed by atoms with Crippen LogP contribution in [0.25, 0.3) is 0 Å². The van der Waals surface area contributed by atoms with Crippen molar-refractivity contribution in [3.05, 3.63) is 30.6 Å². The molecule has 1 heterocycles. The molecule has 1 rings (SSSR count). The van der Waals surface area contributed by atoms with Gasteiger partial charge in [0, 0.05) is 18.6 Å². The molecular formula is C21H38NNa2+3. The minimum atomic E-state index is 0. The Labute approximate surface area is 196 Å². The average molecular weight is 351 g/mol. The third-order valence-electron chi connectivity index (χ3n) is 4.55. The van der Waals surface area contributed by atoms with Crippen LogP contribution in [0.15, 0.2) is 30.6 Å². The second-order valence-corrected chi connectivity index (χ2v) is 6.71.